The van der Waals surface area contributed by atoms with Crippen LogP contribution in [0.25, 0.3) is 6.08 Å². The van der Waals surface area contributed by atoms with Gasteiger partial charge < -0.3 is 24.4 Å². The summed E-state index contributed by atoms with van der Waals surface area (Å²) in [4.78, 5) is 14.4. The maximum absolute atomic E-state index is 12.1. The van der Waals surface area contributed by atoms with Crippen molar-refractivity contribution >= 4 is 12.0 Å². The van der Waals surface area contributed by atoms with E-state index >= 15 is 0 Å². The van der Waals surface area contributed by atoms with E-state index in [-0.39, 0.29) is 5.91 Å². The van der Waals surface area contributed by atoms with Crippen LogP contribution < -0.4 is 19.5 Å². The molecule has 2 aromatic rings. The van der Waals surface area contributed by atoms with Crippen LogP contribution in [-0.4, -0.2) is 52.3 Å². The highest BCUT2D eigenvalue weighted by atomic mass is 16.5. The summed E-state index contributed by atoms with van der Waals surface area (Å²) < 4.78 is 15.9. The SMILES string of the molecule is COc1cc(OC)c(OC)cc1/C=C/C(=O)NCCCN(C)Cc1ccccc1. The van der Waals surface area contributed by atoms with Gasteiger partial charge in [-0.1, -0.05) is 30.3 Å². The van der Waals surface area contributed by atoms with Gasteiger partial charge in [0.1, 0.15) is 5.75 Å². The first-order valence-electron chi connectivity index (χ1n) is 9.55. The molecule has 29 heavy (non-hydrogen) atoms. The number of hydrogen-bond donors (Lipinski definition) is 1. The van der Waals surface area contributed by atoms with Crippen LogP contribution >= 0.6 is 0 Å². The van der Waals surface area contributed by atoms with E-state index in [1.165, 1.54) is 11.6 Å². The van der Waals surface area contributed by atoms with Crippen LogP contribution in [0.4, 0.5) is 0 Å². The summed E-state index contributed by atoms with van der Waals surface area (Å²) in [6.07, 6.45) is 4.08. The summed E-state index contributed by atoms with van der Waals surface area (Å²) in [5, 5.41) is 2.91. The fourth-order valence-electron chi connectivity index (χ4n) is 2.94. The lowest BCUT2D eigenvalue weighted by atomic mass is 10.1. The molecule has 0 radical (unpaired) electrons. The average molecular weight is 399 g/mol. The summed E-state index contributed by atoms with van der Waals surface area (Å²) in [5.74, 6) is 1.61. The highest BCUT2D eigenvalue weighted by Gasteiger charge is 2.10. The van der Waals surface area contributed by atoms with Crippen molar-refractivity contribution in [2.24, 2.45) is 0 Å². The van der Waals surface area contributed by atoms with Crippen LogP contribution in [0.2, 0.25) is 0 Å². The molecule has 0 atom stereocenters. The zero-order valence-corrected chi connectivity index (χ0v) is 17.6. The van der Waals surface area contributed by atoms with Gasteiger partial charge in [0.2, 0.25) is 5.91 Å². The zero-order chi connectivity index (χ0) is 21.1. The molecule has 0 aliphatic heterocycles. The fourth-order valence-corrected chi connectivity index (χ4v) is 2.94. The smallest absolute Gasteiger partial charge is 0.244 e. The van der Waals surface area contributed by atoms with E-state index in [2.05, 4.69) is 29.4 Å². The predicted octanol–water partition coefficient (Wildman–Crippen LogP) is 3.36. The first kappa shape index (κ1) is 22.3. The molecule has 0 bridgehead atoms. The van der Waals surface area contributed by atoms with Gasteiger partial charge in [-0.25, -0.2) is 0 Å². The normalized spacial score (nSPS) is 10.9. The third-order valence-electron chi connectivity index (χ3n) is 4.46. The first-order chi connectivity index (χ1) is 14.1. The van der Waals surface area contributed by atoms with Gasteiger partial charge in [-0.3, -0.25) is 4.79 Å². The van der Waals surface area contributed by atoms with Gasteiger partial charge in [0.15, 0.2) is 11.5 Å². The predicted molar refractivity (Wildman–Crippen MR) is 116 cm³/mol. The van der Waals surface area contributed by atoms with Gasteiger partial charge in [-0.2, -0.15) is 0 Å². The second kappa shape index (κ2) is 11.8. The molecule has 156 valence electrons. The molecule has 0 unspecified atom stereocenters. The summed E-state index contributed by atoms with van der Waals surface area (Å²) in [6, 6.07) is 13.9. The Morgan fingerprint density at radius 1 is 1.00 bits per heavy atom. The van der Waals surface area contributed by atoms with Gasteiger partial charge in [0.25, 0.3) is 0 Å². The standard InChI is InChI=1S/C23H30N2O4/c1-25(17-18-9-6-5-7-10-18)14-8-13-24-23(26)12-11-19-15-21(28-3)22(29-4)16-20(19)27-2/h5-7,9-12,15-16H,8,13-14,17H2,1-4H3,(H,24,26)/b12-11+. The molecule has 0 aliphatic carbocycles. The third kappa shape index (κ3) is 7.16. The van der Waals surface area contributed by atoms with E-state index in [0.29, 0.717) is 23.8 Å². The Labute approximate surface area is 173 Å². The van der Waals surface area contributed by atoms with Gasteiger partial charge >= 0.3 is 0 Å². The maximum Gasteiger partial charge on any atom is 0.244 e. The van der Waals surface area contributed by atoms with Crippen LogP contribution in [-0.2, 0) is 11.3 Å². The highest BCUT2D eigenvalue weighted by Crippen LogP contribution is 2.35. The van der Waals surface area contributed by atoms with Gasteiger partial charge in [-0.15, -0.1) is 0 Å². The van der Waals surface area contributed by atoms with Crippen molar-refractivity contribution in [3.8, 4) is 17.2 Å². The second-order valence-electron chi connectivity index (χ2n) is 6.65. The molecule has 2 aromatic carbocycles. The second-order valence-corrected chi connectivity index (χ2v) is 6.65. The van der Waals surface area contributed by atoms with E-state index < -0.39 is 0 Å². The number of hydrogen-bond acceptors (Lipinski definition) is 5. The Kier molecular flexibility index (Phi) is 9.05. The van der Waals surface area contributed by atoms with Crippen molar-refractivity contribution < 1.29 is 19.0 Å². The summed E-state index contributed by atoms with van der Waals surface area (Å²) >= 11 is 0. The van der Waals surface area contributed by atoms with E-state index in [1.807, 2.05) is 18.2 Å². The molecule has 1 N–H and O–H groups in total. The molecule has 0 saturated carbocycles. The topological polar surface area (TPSA) is 60.0 Å². The Morgan fingerprint density at radius 3 is 2.31 bits per heavy atom. The average Bonchev–Trinajstić information content (AvgIpc) is 2.75. The Balaban J connectivity index is 1.81. The molecule has 6 nitrogen and oxygen atoms in total. The van der Waals surface area contributed by atoms with E-state index in [4.69, 9.17) is 14.2 Å². The minimum absolute atomic E-state index is 0.146. The summed E-state index contributed by atoms with van der Waals surface area (Å²) in [7, 11) is 6.79. The van der Waals surface area contributed by atoms with Crippen LogP contribution in [0.1, 0.15) is 17.5 Å². The molecular weight excluding hydrogens is 368 g/mol. The van der Waals surface area contributed by atoms with Gasteiger partial charge in [-0.05, 0) is 37.7 Å². The summed E-state index contributed by atoms with van der Waals surface area (Å²) in [5.41, 5.74) is 2.02. The maximum atomic E-state index is 12.1. The molecule has 2 rings (SSSR count). The number of benzene rings is 2. The third-order valence-corrected chi connectivity index (χ3v) is 4.46. The Morgan fingerprint density at radius 2 is 1.66 bits per heavy atom. The number of methoxy groups -OCH3 is 3. The lowest BCUT2D eigenvalue weighted by molar-refractivity contribution is -0.116. The lowest BCUT2D eigenvalue weighted by Crippen LogP contribution is -2.26. The molecule has 0 spiro atoms. The number of carbonyl (C=O) groups is 1. The van der Waals surface area contributed by atoms with Crippen molar-refractivity contribution in [2.45, 2.75) is 13.0 Å². The summed E-state index contributed by atoms with van der Waals surface area (Å²) in [6.45, 7) is 2.42. The Bertz CT molecular complexity index is 806. The van der Waals surface area contributed by atoms with Crippen molar-refractivity contribution in [3.05, 3.63) is 59.7 Å². The first-order valence-corrected chi connectivity index (χ1v) is 9.55. The number of ether oxygens (including phenoxy) is 3. The number of carbonyl (C=O) groups excluding carboxylic acids is 1. The van der Waals surface area contributed by atoms with Gasteiger partial charge in [0.05, 0.1) is 21.3 Å². The van der Waals surface area contributed by atoms with Gasteiger partial charge in [0, 0.05) is 30.8 Å². The number of nitrogens with zero attached hydrogens (tertiary/aromatic N) is 1. The van der Waals surface area contributed by atoms with E-state index in [9.17, 15) is 4.79 Å². The Hall–Kier alpha value is -2.99. The largest absolute Gasteiger partial charge is 0.496 e. The monoisotopic (exact) mass is 398 g/mol. The fraction of sp³-hybridized carbons (Fsp3) is 0.348. The van der Waals surface area contributed by atoms with Crippen LogP contribution in [0.3, 0.4) is 0 Å². The molecule has 0 aromatic heterocycles. The molecule has 0 saturated heterocycles. The van der Waals surface area contributed by atoms with Crippen molar-refractivity contribution in [1.82, 2.24) is 10.2 Å². The van der Waals surface area contributed by atoms with Crippen molar-refractivity contribution in [3.63, 3.8) is 0 Å². The molecule has 6 heteroatoms. The number of rotatable bonds is 11. The molecule has 0 heterocycles. The zero-order valence-electron chi connectivity index (χ0n) is 17.6. The minimum atomic E-state index is -0.146. The molecular formula is C23H30N2O4. The molecule has 0 aliphatic rings. The van der Waals surface area contributed by atoms with E-state index in [0.717, 1.165) is 25.1 Å². The highest BCUT2D eigenvalue weighted by molar-refractivity contribution is 5.92. The van der Waals surface area contributed by atoms with Crippen molar-refractivity contribution in [1.29, 1.82) is 0 Å². The minimum Gasteiger partial charge on any atom is -0.496 e. The quantitative estimate of drug-likeness (QED) is 0.465. The number of amides is 1. The van der Waals surface area contributed by atoms with Crippen LogP contribution in [0.5, 0.6) is 17.2 Å². The lowest BCUT2D eigenvalue weighted by Gasteiger charge is -2.16. The van der Waals surface area contributed by atoms with Crippen LogP contribution in [0, 0.1) is 0 Å². The molecule has 1 amide bonds. The number of nitrogens with one attached hydrogen (secondary N) is 1. The van der Waals surface area contributed by atoms with Crippen LogP contribution in [0.15, 0.2) is 48.5 Å². The molecule has 0 fully saturated rings. The van der Waals surface area contributed by atoms with Crippen molar-refractivity contribution in [2.75, 3.05) is 41.5 Å². The van der Waals surface area contributed by atoms with E-state index in [1.54, 1.807) is 39.5 Å².